The summed E-state index contributed by atoms with van der Waals surface area (Å²) in [5.74, 6) is -0.771. The first-order chi connectivity index (χ1) is 9.16. The van der Waals surface area contributed by atoms with Gasteiger partial charge in [-0.1, -0.05) is 18.2 Å². The number of hydrogen-bond acceptors (Lipinski definition) is 3. The topological polar surface area (TPSA) is 62.2 Å². The highest BCUT2D eigenvalue weighted by Gasteiger charge is 2.04. The number of pyridine rings is 1. The SMILES string of the molecule is O=C(O)c1ccnc(NCCc2ccccc2F)c1. The Morgan fingerprint density at radius 2 is 2.11 bits per heavy atom. The Morgan fingerprint density at radius 3 is 2.84 bits per heavy atom. The third-order valence-electron chi connectivity index (χ3n) is 2.67. The smallest absolute Gasteiger partial charge is 0.335 e. The number of anilines is 1. The molecule has 0 radical (unpaired) electrons. The third kappa shape index (κ3) is 3.51. The zero-order valence-corrected chi connectivity index (χ0v) is 10.1. The summed E-state index contributed by atoms with van der Waals surface area (Å²) < 4.78 is 13.4. The minimum Gasteiger partial charge on any atom is -0.478 e. The van der Waals surface area contributed by atoms with Crippen molar-refractivity contribution in [2.24, 2.45) is 0 Å². The summed E-state index contributed by atoms with van der Waals surface area (Å²) in [5, 5.41) is 11.8. The predicted molar refractivity (Wildman–Crippen MR) is 69.8 cm³/mol. The molecule has 98 valence electrons. The summed E-state index contributed by atoms with van der Waals surface area (Å²) in [6.07, 6.45) is 1.93. The fourth-order valence-corrected chi connectivity index (χ4v) is 1.69. The van der Waals surface area contributed by atoms with Crippen LogP contribution in [-0.4, -0.2) is 22.6 Å². The number of hydrogen-bond donors (Lipinski definition) is 2. The Kier molecular flexibility index (Phi) is 4.07. The second-order valence-corrected chi connectivity index (χ2v) is 4.00. The van der Waals surface area contributed by atoms with Gasteiger partial charge in [0.1, 0.15) is 11.6 Å². The lowest BCUT2D eigenvalue weighted by atomic mass is 10.1. The maximum atomic E-state index is 13.4. The minimum atomic E-state index is -1.00. The lowest BCUT2D eigenvalue weighted by Crippen LogP contribution is -2.08. The van der Waals surface area contributed by atoms with E-state index in [1.165, 1.54) is 24.4 Å². The molecule has 0 saturated heterocycles. The van der Waals surface area contributed by atoms with E-state index in [1.54, 1.807) is 18.2 Å². The van der Waals surface area contributed by atoms with Crippen LogP contribution < -0.4 is 5.32 Å². The molecule has 0 aliphatic heterocycles. The van der Waals surface area contributed by atoms with E-state index in [1.807, 2.05) is 0 Å². The van der Waals surface area contributed by atoms with Gasteiger partial charge in [0.25, 0.3) is 0 Å². The first-order valence-electron chi connectivity index (χ1n) is 5.83. The van der Waals surface area contributed by atoms with Crippen LogP contribution >= 0.6 is 0 Å². The highest BCUT2D eigenvalue weighted by atomic mass is 19.1. The summed E-state index contributed by atoms with van der Waals surface area (Å²) in [5.41, 5.74) is 0.785. The van der Waals surface area contributed by atoms with Crippen molar-refractivity contribution in [3.05, 3.63) is 59.5 Å². The highest BCUT2D eigenvalue weighted by molar-refractivity contribution is 5.88. The monoisotopic (exact) mass is 260 g/mol. The molecule has 0 bridgehead atoms. The molecule has 1 aromatic carbocycles. The van der Waals surface area contributed by atoms with Crippen LogP contribution in [0.2, 0.25) is 0 Å². The molecule has 1 heterocycles. The van der Waals surface area contributed by atoms with Crippen LogP contribution in [0.3, 0.4) is 0 Å². The van der Waals surface area contributed by atoms with Crippen LogP contribution in [-0.2, 0) is 6.42 Å². The molecule has 1 aromatic heterocycles. The second-order valence-electron chi connectivity index (χ2n) is 4.00. The van der Waals surface area contributed by atoms with E-state index in [-0.39, 0.29) is 11.4 Å². The average Bonchev–Trinajstić information content (AvgIpc) is 2.41. The number of rotatable bonds is 5. The average molecular weight is 260 g/mol. The number of carbonyl (C=O) groups is 1. The van der Waals surface area contributed by atoms with Crippen molar-refractivity contribution in [3.8, 4) is 0 Å². The van der Waals surface area contributed by atoms with Gasteiger partial charge in [-0.25, -0.2) is 14.2 Å². The van der Waals surface area contributed by atoms with Crippen LogP contribution in [0, 0.1) is 5.82 Å². The second kappa shape index (κ2) is 5.95. The number of carboxylic acids is 1. The number of nitrogens with one attached hydrogen (secondary N) is 1. The summed E-state index contributed by atoms with van der Waals surface area (Å²) >= 11 is 0. The fraction of sp³-hybridized carbons (Fsp3) is 0.143. The third-order valence-corrected chi connectivity index (χ3v) is 2.67. The van der Waals surface area contributed by atoms with Crippen molar-refractivity contribution in [3.63, 3.8) is 0 Å². The van der Waals surface area contributed by atoms with E-state index in [9.17, 15) is 9.18 Å². The molecule has 2 aromatic rings. The molecule has 0 aliphatic rings. The molecule has 0 amide bonds. The molecular formula is C14H13FN2O2. The van der Waals surface area contributed by atoms with Crippen LogP contribution in [0.1, 0.15) is 15.9 Å². The van der Waals surface area contributed by atoms with Gasteiger partial charge in [0.05, 0.1) is 5.56 Å². The Morgan fingerprint density at radius 1 is 1.32 bits per heavy atom. The maximum absolute atomic E-state index is 13.4. The summed E-state index contributed by atoms with van der Waals surface area (Å²) in [7, 11) is 0. The predicted octanol–water partition coefficient (Wildman–Crippen LogP) is 2.57. The van der Waals surface area contributed by atoms with Crippen LogP contribution in [0.4, 0.5) is 10.2 Å². The zero-order valence-electron chi connectivity index (χ0n) is 10.1. The number of benzene rings is 1. The number of aromatic nitrogens is 1. The maximum Gasteiger partial charge on any atom is 0.335 e. The van der Waals surface area contributed by atoms with E-state index in [0.717, 1.165) is 0 Å². The summed E-state index contributed by atoms with van der Waals surface area (Å²) in [6.45, 7) is 0.483. The van der Waals surface area contributed by atoms with Gasteiger partial charge in [-0.2, -0.15) is 0 Å². The van der Waals surface area contributed by atoms with E-state index < -0.39 is 5.97 Å². The molecule has 19 heavy (non-hydrogen) atoms. The van der Waals surface area contributed by atoms with E-state index >= 15 is 0 Å². The number of aromatic carboxylic acids is 1. The molecule has 0 fully saturated rings. The Bertz CT molecular complexity index is 587. The molecule has 0 atom stereocenters. The lowest BCUT2D eigenvalue weighted by Gasteiger charge is -2.06. The zero-order chi connectivity index (χ0) is 13.7. The van der Waals surface area contributed by atoms with Gasteiger partial charge in [-0.05, 0) is 30.2 Å². The van der Waals surface area contributed by atoms with Gasteiger partial charge < -0.3 is 10.4 Å². The van der Waals surface area contributed by atoms with Crippen LogP contribution in [0.15, 0.2) is 42.6 Å². The summed E-state index contributed by atoms with van der Waals surface area (Å²) in [4.78, 5) is 14.8. The van der Waals surface area contributed by atoms with Crippen LogP contribution in [0.5, 0.6) is 0 Å². The van der Waals surface area contributed by atoms with Gasteiger partial charge in [0.15, 0.2) is 0 Å². The largest absolute Gasteiger partial charge is 0.478 e. The fourth-order valence-electron chi connectivity index (χ4n) is 1.69. The van der Waals surface area contributed by atoms with Gasteiger partial charge >= 0.3 is 5.97 Å². The van der Waals surface area contributed by atoms with Crippen LogP contribution in [0.25, 0.3) is 0 Å². The minimum absolute atomic E-state index is 0.170. The first kappa shape index (κ1) is 13.0. The Balaban J connectivity index is 1.94. The van der Waals surface area contributed by atoms with E-state index in [4.69, 9.17) is 5.11 Å². The molecule has 2 N–H and O–H groups in total. The molecular weight excluding hydrogens is 247 g/mol. The number of carboxylic acid groups (broad SMARTS) is 1. The standard InChI is InChI=1S/C14H13FN2O2/c15-12-4-2-1-3-10(12)5-7-16-13-9-11(14(18)19)6-8-17-13/h1-4,6,8-9H,5,7H2,(H,16,17)(H,18,19). The van der Waals surface area contributed by atoms with Crippen molar-refractivity contribution in [2.45, 2.75) is 6.42 Å². The number of nitrogens with zero attached hydrogens (tertiary/aromatic N) is 1. The quantitative estimate of drug-likeness (QED) is 0.867. The van der Waals surface area contributed by atoms with E-state index in [2.05, 4.69) is 10.3 Å². The molecule has 0 saturated carbocycles. The normalized spacial score (nSPS) is 10.2. The van der Waals surface area contributed by atoms with Crippen molar-refractivity contribution in [1.82, 2.24) is 4.98 Å². The van der Waals surface area contributed by atoms with Gasteiger partial charge in [0, 0.05) is 12.7 Å². The molecule has 2 rings (SSSR count). The molecule has 4 nitrogen and oxygen atoms in total. The van der Waals surface area contributed by atoms with Gasteiger partial charge in [-0.3, -0.25) is 0 Å². The first-order valence-corrected chi connectivity index (χ1v) is 5.83. The van der Waals surface area contributed by atoms with Gasteiger partial charge in [-0.15, -0.1) is 0 Å². The Hall–Kier alpha value is -2.43. The van der Waals surface area contributed by atoms with Crippen molar-refractivity contribution < 1.29 is 14.3 Å². The summed E-state index contributed by atoms with van der Waals surface area (Å²) in [6, 6.07) is 9.43. The van der Waals surface area contributed by atoms with Gasteiger partial charge in [0.2, 0.25) is 0 Å². The number of halogens is 1. The van der Waals surface area contributed by atoms with Crippen molar-refractivity contribution >= 4 is 11.8 Å². The highest BCUT2D eigenvalue weighted by Crippen LogP contribution is 2.09. The molecule has 0 spiro atoms. The van der Waals surface area contributed by atoms with Crippen molar-refractivity contribution in [2.75, 3.05) is 11.9 Å². The molecule has 0 unspecified atom stereocenters. The Labute approximate surface area is 109 Å². The molecule has 0 aliphatic carbocycles. The van der Waals surface area contributed by atoms with Crippen molar-refractivity contribution in [1.29, 1.82) is 0 Å². The van der Waals surface area contributed by atoms with E-state index in [0.29, 0.717) is 24.3 Å². The molecule has 5 heteroatoms. The lowest BCUT2D eigenvalue weighted by molar-refractivity contribution is 0.0697.